The smallest absolute Gasteiger partial charge is 0.325 e. The first-order valence-corrected chi connectivity index (χ1v) is 10.0. The van der Waals surface area contributed by atoms with Gasteiger partial charge >= 0.3 is 11.9 Å². The van der Waals surface area contributed by atoms with Crippen molar-refractivity contribution in [1.82, 2.24) is 9.88 Å². The minimum Gasteiger partial charge on any atom is -0.489 e. The number of aromatic amines is 1. The first-order valence-electron chi connectivity index (χ1n) is 10.0. The number of aliphatic carboxylic acids is 2. The fourth-order valence-corrected chi connectivity index (χ4v) is 4.11. The van der Waals surface area contributed by atoms with Gasteiger partial charge in [-0.3, -0.25) is 14.5 Å². The van der Waals surface area contributed by atoms with Crippen molar-refractivity contribution >= 4 is 22.8 Å². The van der Waals surface area contributed by atoms with E-state index in [1.165, 1.54) is 0 Å². The summed E-state index contributed by atoms with van der Waals surface area (Å²) in [5.41, 5.74) is 2.49. The van der Waals surface area contributed by atoms with Crippen LogP contribution in [0.5, 0.6) is 5.75 Å². The Hall–Kier alpha value is -3.32. The molecule has 1 aliphatic rings. The first kappa shape index (κ1) is 20.0. The normalized spacial score (nSPS) is 18.2. The molecule has 4 rings (SSSR count). The summed E-state index contributed by atoms with van der Waals surface area (Å²) in [5.74, 6) is -1.70. The Morgan fingerprint density at radius 1 is 1.17 bits per heavy atom. The highest BCUT2D eigenvalue weighted by Crippen LogP contribution is 2.33. The number of fused-ring (bicyclic) bond motifs is 1. The number of aromatic nitrogens is 1. The number of hydrogen-bond donors (Lipinski definition) is 3. The summed E-state index contributed by atoms with van der Waals surface area (Å²) in [4.78, 5) is 28.4. The maximum absolute atomic E-state index is 12.1. The Morgan fingerprint density at radius 3 is 2.70 bits per heavy atom. The van der Waals surface area contributed by atoms with Crippen molar-refractivity contribution in [3.8, 4) is 5.75 Å². The van der Waals surface area contributed by atoms with Crippen molar-refractivity contribution in [2.45, 2.75) is 25.5 Å². The monoisotopic (exact) mass is 408 g/mol. The van der Waals surface area contributed by atoms with E-state index in [9.17, 15) is 19.8 Å². The van der Waals surface area contributed by atoms with Crippen LogP contribution in [0.1, 0.15) is 30.0 Å². The Labute approximate surface area is 173 Å². The van der Waals surface area contributed by atoms with Crippen LogP contribution in [0, 0.1) is 5.92 Å². The predicted molar refractivity (Wildman–Crippen MR) is 111 cm³/mol. The van der Waals surface area contributed by atoms with E-state index in [-0.39, 0.29) is 6.54 Å². The van der Waals surface area contributed by atoms with Gasteiger partial charge in [-0.25, -0.2) is 0 Å². The lowest BCUT2D eigenvalue weighted by atomic mass is 9.94. The molecule has 0 amide bonds. The first-order chi connectivity index (χ1) is 14.5. The maximum atomic E-state index is 12.1. The molecule has 2 atom stereocenters. The van der Waals surface area contributed by atoms with E-state index in [0.717, 1.165) is 16.5 Å². The second kappa shape index (κ2) is 8.59. The van der Waals surface area contributed by atoms with E-state index in [4.69, 9.17) is 4.74 Å². The van der Waals surface area contributed by atoms with Crippen molar-refractivity contribution in [2.24, 2.45) is 5.92 Å². The lowest BCUT2D eigenvalue weighted by molar-refractivity contribution is -0.149. The molecule has 1 saturated heterocycles. The quantitative estimate of drug-likeness (QED) is 0.551. The van der Waals surface area contributed by atoms with Gasteiger partial charge in [0.2, 0.25) is 0 Å². The summed E-state index contributed by atoms with van der Waals surface area (Å²) < 4.78 is 5.86. The Morgan fingerprint density at radius 2 is 1.97 bits per heavy atom. The SMILES string of the molecule is O=C(O)[C@H]1CCCN([C@@H](C(=O)O)c2c[nH]c3cc(OCc4ccccc4)ccc23)C1. The Bertz CT molecular complexity index is 1050. The summed E-state index contributed by atoms with van der Waals surface area (Å²) in [6.07, 6.45) is 2.95. The second-order valence-electron chi connectivity index (χ2n) is 7.64. The average molecular weight is 408 g/mol. The molecule has 1 aromatic heterocycles. The highest BCUT2D eigenvalue weighted by atomic mass is 16.5. The molecule has 0 radical (unpaired) electrons. The highest BCUT2D eigenvalue weighted by Gasteiger charge is 2.35. The highest BCUT2D eigenvalue weighted by molar-refractivity contribution is 5.90. The molecule has 1 fully saturated rings. The van der Waals surface area contributed by atoms with Gasteiger partial charge in [-0.1, -0.05) is 30.3 Å². The zero-order valence-electron chi connectivity index (χ0n) is 16.5. The summed E-state index contributed by atoms with van der Waals surface area (Å²) in [6, 6.07) is 14.5. The van der Waals surface area contributed by atoms with E-state index < -0.39 is 23.9 Å². The van der Waals surface area contributed by atoms with Gasteiger partial charge in [-0.15, -0.1) is 0 Å². The fourth-order valence-electron chi connectivity index (χ4n) is 4.11. The summed E-state index contributed by atoms with van der Waals surface area (Å²) in [6.45, 7) is 1.24. The van der Waals surface area contributed by atoms with Crippen molar-refractivity contribution in [2.75, 3.05) is 13.1 Å². The molecule has 3 N–H and O–H groups in total. The molecule has 7 heteroatoms. The number of carboxylic acids is 2. The third kappa shape index (κ3) is 4.16. The fraction of sp³-hybridized carbons (Fsp3) is 0.304. The van der Waals surface area contributed by atoms with Gasteiger partial charge in [0.1, 0.15) is 18.4 Å². The molecule has 156 valence electrons. The molecule has 1 aliphatic heterocycles. The molecule has 2 heterocycles. The third-order valence-electron chi connectivity index (χ3n) is 5.63. The van der Waals surface area contributed by atoms with E-state index >= 15 is 0 Å². The van der Waals surface area contributed by atoms with Crippen LogP contribution in [0.25, 0.3) is 10.9 Å². The lowest BCUT2D eigenvalue weighted by Gasteiger charge is -2.34. The average Bonchev–Trinajstić information content (AvgIpc) is 3.16. The molecule has 30 heavy (non-hydrogen) atoms. The number of benzene rings is 2. The number of rotatable bonds is 7. The third-order valence-corrected chi connectivity index (χ3v) is 5.63. The number of hydrogen-bond acceptors (Lipinski definition) is 4. The van der Waals surface area contributed by atoms with E-state index in [2.05, 4.69) is 4.98 Å². The second-order valence-corrected chi connectivity index (χ2v) is 7.64. The van der Waals surface area contributed by atoms with Crippen LogP contribution < -0.4 is 4.74 Å². The van der Waals surface area contributed by atoms with Gasteiger partial charge in [0, 0.05) is 35.3 Å². The van der Waals surface area contributed by atoms with Crippen LogP contribution in [0.4, 0.5) is 0 Å². The number of H-pyrrole nitrogens is 1. The predicted octanol–water partition coefficient (Wildman–Crippen LogP) is 3.67. The Balaban J connectivity index is 1.56. The standard InChI is InChI=1S/C23H24N2O5/c26-22(27)16-7-4-10-25(13-16)21(23(28)29)19-12-24-20-11-17(8-9-18(19)20)30-14-15-5-2-1-3-6-15/h1-3,5-6,8-9,11-12,16,21,24H,4,7,10,13-14H2,(H,26,27)(H,28,29)/t16-,21+/m0/s1. The number of nitrogens with one attached hydrogen (secondary N) is 1. The lowest BCUT2D eigenvalue weighted by Crippen LogP contribution is -2.43. The molecule has 0 saturated carbocycles. The summed E-state index contributed by atoms with van der Waals surface area (Å²) >= 11 is 0. The van der Waals surface area contributed by atoms with Crippen LogP contribution in [0.2, 0.25) is 0 Å². The van der Waals surface area contributed by atoms with E-state index in [0.29, 0.717) is 37.3 Å². The zero-order chi connectivity index (χ0) is 21.1. The van der Waals surface area contributed by atoms with Crippen LogP contribution in [-0.2, 0) is 16.2 Å². The molecule has 3 aromatic rings. The van der Waals surface area contributed by atoms with Gasteiger partial charge in [-0.05, 0) is 37.1 Å². The molecular weight excluding hydrogens is 384 g/mol. The van der Waals surface area contributed by atoms with Crippen LogP contribution in [-0.4, -0.2) is 45.1 Å². The molecule has 0 bridgehead atoms. The Kier molecular flexibility index (Phi) is 5.72. The van der Waals surface area contributed by atoms with E-state index in [1.807, 2.05) is 48.5 Å². The van der Waals surface area contributed by atoms with Crippen molar-refractivity contribution < 1.29 is 24.5 Å². The van der Waals surface area contributed by atoms with Crippen LogP contribution in [0.15, 0.2) is 54.7 Å². The van der Waals surface area contributed by atoms with Crippen LogP contribution >= 0.6 is 0 Å². The summed E-state index contributed by atoms with van der Waals surface area (Å²) in [7, 11) is 0. The number of carbonyl (C=O) groups is 2. The molecule has 0 unspecified atom stereocenters. The van der Waals surface area contributed by atoms with Crippen LogP contribution in [0.3, 0.4) is 0 Å². The molecule has 0 aliphatic carbocycles. The van der Waals surface area contributed by atoms with Gasteiger partial charge < -0.3 is 19.9 Å². The summed E-state index contributed by atoms with van der Waals surface area (Å²) in [5, 5.41) is 20.1. The topological polar surface area (TPSA) is 103 Å². The largest absolute Gasteiger partial charge is 0.489 e. The number of ether oxygens (including phenoxy) is 1. The van der Waals surface area contributed by atoms with Crippen molar-refractivity contribution in [3.05, 3.63) is 65.9 Å². The van der Waals surface area contributed by atoms with Crippen molar-refractivity contribution in [1.29, 1.82) is 0 Å². The zero-order valence-corrected chi connectivity index (χ0v) is 16.5. The number of nitrogens with zero attached hydrogens (tertiary/aromatic N) is 1. The van der Waals surface area contributed by atoms with Gasteiger partial charge in [0.05, 0.1) is 5.92 Å². The van der Waals surface area contributed by atoms with Gasteiger partial charge in [0.25, 0.3) is 0 Å². The number of piperidine rings is 1. The number of likely N-dealkylation sites (tertiary alicyclic amines) is 1. The van der Waals surface area contributed by atoms with Crippen molar-refractivity contribution in [3.63, 3.8) is 0 Å². The number of carboxylic acid groups (broad SMARTS) is 2. The van der Waals surface area contributed by atoms with Gasteiger partial charge in [0.15, 0.2) is 0 Å². The van der Waals surface area contributed by atoms with E-state index in [1.54, 1.807) is 11.1 Å². The molecule has 2 aromatic carbocycles. The maximum Gasteiger partial charge on any atom is 0.325 e. The molecular formula is C23H24N2O5. The molecule has 7 nitrogen and oxygen atoms in total. The van der Waals surface area contributed by atoms with Gasteiger partial charge in [-0.2, -0.15) is 0 Å². The molecule has 0 spiro atoms. The minimum atomic E-state index is -0.980. The minimum absolute atomic E-state index is 0.233.